The summed E-state index contributed by atoms with van der Waals surface area (Å²) in [5, 5.41) is 6.97. The van der Waals surface area contributed by atoms with E-state index >= 15 is 0 Å². The Morgan fingerprint density at radius 1 is 1.41 bits per heavy atom. The average molecular weight is 250 g/mol. The van der Waals surface area contributed by atoms with Crippen molar-refractivity contribution in [1.82, 2.24) is 4.98 Å². The number of hydrogen-bond donors (Lipinski definition) is 1. The highest BCUT2D eigenvalue weighted by Crippen LogP contribution is 2.63. The minimum Gasteiger partial charge on any atom is -0.358 e. The van der Waals surface area contributed by atoms with Crippen molar-refractivity contribution in [2.75, 3.05) is 5.32 Å². The van der Waals surface area contributed by atoms with Crippen LogP contribution in [0.5, 0.6) is 0 Å². The van der Waals surface area contributed by atoms with Crippen LogP contribution in [0.4, 0.5) is 5.13 Å². The van der Waals surface area contributed by atoms with Crippen molar-refractivity contribution < 1.29 is 0 Å². The molecule has 2 nitrogen and oxygen atoms in total. The van der Waals surface area contributed by atoms with E-state index in [1.807, 2.05) is 0 Å². The lowest BCUT2D eigenvalue weighted by Gasteiger charge is -2.43. The molecule has 0 saturated heterocycles. The average Bonchev–Trinajstić information content (AvgIpc) is 2.85. The predicted molar refractivity (Wildman–Crippen MR) is 73.5 cm³/mol. The number of nitrogens with one attached hydrogen (secondary N) is 1. The molecule has 17 heavy (non-hydrogen) atoms. The van der Waals surface area contributed by atoms with Crippen LogP contribution in [0.1, 0.15) is 45.7 Å². The maximum Gasteiger partial charge on any atom is 0.183 e. The van der Waals surface area contributed by atoms with E-state index in [4.69, 9.17) is 0 Å². The summed E-state index contributed by atoms with van der Waals surface area (Å²) in [4.78, 5) is 4.56. The molecular weight excluding hydrogens is 228 g/mol. The molecule has 1 heterocycles. The van der Waals surface area contributed by atoms with Gasteiger partial charge in [-0.25, -0.2) is 4.98 Å². The summed E-state index contributed by atoms with van der Waals surface area (Å²) in [5.41, 5.74) is 2.02. The molecule has 3 atom stereocenters. The van der Waals surface area contributed by atoms with Gasteiger partial charge < -0.3 is 5.32 Å². The van der Waals surface area contributed by atoms with E-state index in [1.165, 1.54) is 19.3 Å². The van der Waals surface area contributed by atoms with E-state index in [9.17, 15) is 0 Å². The fourth-order valence-corrected chi connectivity index (χ4v) is 4.92. The molecule has 3 rings (SSSR count). The van der Waals surface area contributed by atoms with Crippen molar-refractivity contribution in [3.63, 3.8) is 0 Å². The third-order valence-corrected chi connectivity index (χ3v) is 6.05. The highest BCUT2D eigenvalue weighted by Gasteiger charge is 2.59. The summed E-state index contributed by atoms with van der Waals surface area (Å²) in [7, 11) is 0. The van der Waals surface area contributed by atoms with E-state index in [2.05, 4.69) is 43.4 Å². The molecule has 1 N–H and O–H groups in total. The lowest BCUT2D eigenvalue weighted by molar-refractivity contribution is 0.155. The van der Waals surface area contributed by atoms with Gasteiger partial charge in [0.2, 0.25) is 0 Å². The van der Waals surface area contributed by atoms with Gasteiger partial charge in [-0.1, -0.05) is 20.8 Å². The first-order valence-corrected chi connectivity index (χ1v) is 7.48. The van der Waals surface area contributed by atoms with Gasteiger partial charge in [0.25, 0.3) is 0 Å². The second-order valence-corrected chi connectivity index (χ2v) is 7.64. The van der Waals surface area contributed by atoms with Crippen LogP contribution in [0.25, 0.3) is 0 Å². The second-order valence-electron chi connectivity index (χ2n) is 6.79. The lowest BCUT2D eigenvalue weighted by Crippen LogP contribution is -2.45. The molecule has 1 aromatic rings. The number of fused-ring (bicyclic) bond motifs is 2. The summed E-state index contributed by atoms with van der Waals surface area (Å²) in [5.74, 6) is 0.894. The van der Waals surface area contributed by atoms with E-state index in [1.54, 1.807) is 11.3 Å². The Kier molecular flexibility index (Phi) is 2.35. The Morgan fingerprint density at radius 3 is 2.71 bits per heavy atom. The zero-order chi connectivity index (χ0) is 12.3. The topological polar surface area (TPSA) is 24.9 Å². The van der Waals surface area contributed by atoms with Crippen LogP contribution in [0.15, 0.2) is 5.38 Å². The van der Waals surface area contributed by atoms with Crippen LogP contribution in [-0.2, 0) is 0 Å². The van der Waals surface area contributed by atoms with Crippen molar-refractivity contribution in [2.24, 2.45) is 16.7 Å². The van der Waals surface area contributed by atoms with Crippen LogP contribution in [-0.4, -0.2) is 11.0 Å². The lowest BCUT2D eigenvalue weighted by atomic mass is 9.68. The van der Waals surface area contributed by atoms with Crippen LogP contribution in [0.2, 0.25) is 0 Å². The fourth-order valence-electron chi connectivity index (χ4n) is 4.21. The van der Waals surface area contributed by atoms with Gasteiger partial charge in [0.1, 0.15) is 0 Å². The van der Waals surface area contributed by atoms with Gasteiger partial charge in [0.15, 0.2) is 5.13 Å². The molecule has 0 amide bonds. The molecule has 0 aromatic carbocycles. The maximum atomic E-state index is 4.56. The van der Waals surface area contributed by atoms with Crippen molar-refractivity contribution in [2.45, 2.75) is 53.0 Å². The molecule has 3 heteroatoms. The van der Waals surface area contributed by atoms with E-state index < -0.39 is 0 Å². The van der Waals surface area contributed by atoms with Gasteiger partial charge in [0, 0.05) is 11.4 Å². The van der Waals surface area contributed by atoms with Crippen LogP contribution in [0, 0.1) is 23.7 Å². The number of aryl methyl sites for hydroxylation is 1. The van der Waals surface area contributed by atoms with Gasteiger partial charge in [0.05, 0.1) is 5.69 Å². The van der Waals surface area contributed by atoms with Gasteiger partial charge in [-0.15, -0.1) is 11.3 Å². The van der Waals surface area contributed by atoms with Gasteiger partial charge in [-0.3, -0.25) is 0 Å². The summed E-state index contributed by atoms with van der Waals surface area (Å²) >= 11 is 1.74. The predicted octanol–water partition coefficient (Wildman–Crippen LogP) is 4.08. The standard InChI is InChI=1S/C14H22N2S/c1-9-8-17-12(15-9)16-11-13(2,3)10-5-6-14(11,4)7-10/h8,10-11H,5-7H2,1-4H3,(H,15,16). The first-order chi connectivity index (χ1) is 7.92. The Bertz CT molecular complexity index is 432. The number of thiazole rings is 1. The van der Waals surface area contributed by atoms with Crippen molar-refractivity contribution >= 4 is 16.5 Å². The summed E-state index contributed by atoms with van der Waals surface area (Å²) < 4.78 is 0. The molecule has 94 valence electrons. The van der Waals surface area contributed by atoms with Crippen molar-refractivity contribution in [1.29, 1.82) is 0 Å². The van der Waals surface area contributed by atoms with Gasteiger partial charge in [-0.2, -0.15) is 0 Å². The van der Waals surface area contributed by atoms with Crippen molar-refractivity contribution in [3.05, 3.63) is 11.1 Å². The molecule has 1 aromatic heterocycles. The van der Waals surface area contributed by atoms with E-state index in [0.29, 0.717) is 16.9 Å². The third-order valence-electron chi connectivity index (χ3n) is 5.16. The zero-order valence-electron chi connectivity index (χ0n) is 11.2. The van der Waals surface area contributed by atoms with E-state index in [-0.39, 0.29) is 0 Å². The normalized spacial score (nSPS) is 38.6. The highest BCUT2D eigenvalue weighted by molar-refractivity contribution is 7.13. The minimum absolute atomic E-state index is 0.409. The SMILES string of the molecule is Cc1csc(NC2C3(C)CCC(C3)C2(C)C)n1. The van der Waals surface area contributed by atoms with Crippen LogP contribution >= 0.6 is 11.3 Å². The number of aromatic nitrogens is 1. The highest BCUT2D eigenvalue weighted by atomic mass is 32.1. The third kappa shape index (κ3) is 1.62. The number of rotatable bonds is 2. The zero-order valence-corrected chi connectivity index (χ0v) is 12.0. The Labute approximate surface area is 108 Å². The number of hydrogen-bond acceptors (Lipinski definition) is 3. The molecule has 0 radical (unpaired) electrons. The van der Waals surface area contributed by atoms with Gasteiger partial charge in [-0.05, 0) is 42.9 Å². The molecule has 0 spiro atoms. The molecular formula is C14H22N2S. The van der Waals surface area contributed by atoms with Crippen molar-refractivity contribution in [3.8, 4) is 0 Å². The Morgan fingerprint density at radius 2 is 2.18 bits per heavy atom. The Balaban J connectivity index is 1.87. The van der Waals surface area contributed by atoms with Gasteiger partial charge >= 0.3 is 0 Å². The summed E-state index contributed by atoms with van der Waals surface area (Å²) in [6.07, 6.45) is 4.18. The number of anilines is 1. The first kappa shape index (κ1) is 11.5. The fraction of sp³-hybridized carbons (Fsp3) is 0.786. The molecule has 2 saturated carbocycles. The monoisotopic (exact) mass is 250 g/mol. The Hall–Kier alpha value is -0.570. The maximum absolute atomic E-state index is 4.56. The molecule has 2 aliphatic rings. The number of nitrogens with zero attached hydrogens (tertiary/aromatic N) is 1. The molecule has 2 aliphatic carbocycles. The molecule has 2 fully saturated rings. The molecule has 0 aliphatic heterocycles. The summed E-state index contributed by atoms with van der Waals surface area (Å²) in [6.45, 7) is 9.38. The van der Waals surface area contributed by atoms with E-state index in [0.717, 1.165) is 16.7 Å². The smallest absolute Gasteiger partial charge is 0.183 e. The molecule has 2 bridgehead atoms. The largest absolute Gasteiger partial charge is 0.358 e. The van der Waals surface area contributed by atoms with Crippen LogP contribution in [0.3, 0.4) is 0 Å². The quantitative estimate of drug-likeness (QED) is 0.855. The minimum atomic E-state index is 0.409. The van der Waals surface area contributed by atoms with Crippen LogP contribution < -0.4 is 5.32 Å². The summed E-state index contributed by atoms with van der Waals surface area (Å²) in [6, 6.07) is 0.583. The molecule has 3 unspecified atom stereocenters. The second kappa shape index (κ2) is 3.47. The first-order valence-electron chi connectivity index (χ1n) is 6.60.